The van der Waals surface area contributed by atoms with Gasteiger partial charge in [-0.1, -0.05) is 12.1 Å². The summed E-state index contributed by atoms with van der Waals surface area (Å²) in [6.45, 7) is 3.83. The van der Waals surface area contributed by atoms with Crippen LogP contribution in [0.1, 0.15) is 17.1 Å². The van der Waals surface area contributed by atoms with Gasteiger partial charge in [-0.3, -0.25) is 5.73 Å². The fraction of sp³-hybridized carbons (Fsp3) is 0.353. The van der Waals surface area contributed by atoms with Crippen molar-refractivity contribution in [2.24, 2.45) is 10.7 Å². The molecule has 1 aromatic carbocycles. The minimum Gasteiger partial charge on any atom is -0.497 e. The number of anilines is 1. The molecule has 1 aliphatic rings. The molecule has 7 nitrogen and oxygen atoms in total. The molecular formula is C17H22N6O. The van der Waals surface area contributed by atoms with Gasteiger partial charge in [-0.2, -0.15) is 5.01 Å². The number of hydrazine groups is 1. The first-order chi connectivity index (χ1) is 11.5. The Balaban J connectivity index is 1.90. The van der Waals surface area contributed by atoms with Crippen LogP contribution in [0.15, 0.2) is 35.3 Å². The summed E-state index contributed by atoms with van der Waals surface area (Å²) in [5.41, 5.74) is 8.15. The van der Waals surface area contributed by atoms with E-state index in [2.05, 4.69) is 15.0 Å². The quantitative estimate of drug-likeness (QED) is 0.920. The van der Waals surface area contributed by atoms with E-state index in [4.69, 9.17) is 10.5 Å². The number of methoxy groups -OCH3 is 1. The Labute approximate surface area is 141 Å². The highest BCUT2D eigenvalue weighted by molar-refractivity contribution is 5.99. The van der Waals surface area contributed by atoms with Gasteiger partial charge in [-0.15, -0.1) is 0 Å². The van der Waals surface area contributed by atoms with Crippen LogP contribution in [0.2, 0.25) is 0 Å². The first-order valence-electron chi connectivity index (χ1n) is 7.78. The van der Waals surface area contributed by atoms with Crippen LogP contribution in [0.25, 0.3) is 0 Å². The number of nitrogens with two attached hydrogens (primary N) is 1. The summed E-state index contributed by atoms with van der Waals surface area (Å²) in [6, 6.07) is 9.88. The van der Waals surface area contributed by atoms with Gasteiger partial charge in [0, 0.05) is 25.2 Å². The third kappa shape index (κ3) is 3.22. The van der Waals surface area contributed by atoms with Crippen LogP contribution >= 0.6 is 0 Å². The van der Waals surface area contributed by atoms with Crippen LogP contribution in [0, 0.1) is 13.8 Å². The lowest BCUT2D eigenvalue weighted by atomic mass is 10.1. The van der Waals surface area contributed by atoms with Crippen molar-refractivity contribution in [3.63, 3.8) is 0 Å². The zero-order valence-corrected chi connectivity index (χ0v) is 14.4. The largest absolute Gasteiger partial charge is 0.497 e. The third-order valence-corrected chi connectivity index (χ3v) is 3.91. The van der Waals surface area contributed by atoms with Crippen molar-refractivity contribution in [2.45, 2.75) is 26.6 Å². The number of aromatic nitrogens is 2. The first-order valence-corrected chi connectivity index (χ1v) is 7.78. The third-order valence-electron chi connectivity index (χ3n) is 3.91. The van der Waals surface area contributed by atoms with E-state index in [-0.39, 0.29) is 0 Å². The van der Waals surface area contributed by atoms with Gasteiger partial charge >= 0.3 is 0 Å². The molecule has 1 atom stereocenters. The number of amidine groups is 1. The molecule has 0 fully saturated rings. The van der Waals surface area contributed by atoms with Crippen molar-refractivity contribution < 1.29 is 4.74 Å². The molecule has 1 aromatic heterocycles. The fourth-order valence-corrected chi connectivity index (χ4v) is 2.74. The standard InChI is InChI=1S/C17H22N6O/c1-11-9-15(20-12(2)19-11)23-16(21-17(18)22(23)3)10-13-5-7-14(24-4)8-6-13/h5-9,17H,10,18H2,1-4H3. The average molecular weight is 326 g/mol. The molecule has 24 heavy (non-hydrogen) atoms. The van der Waals surface area contributed by atoms with Crippen LogP contribution in [-0.4, -0.2) is 41.3 Å². The van der Waals surface area contributed by atoms with E-state index in [0.717, 1.165) is 34.5 Å². The highest BCUT2D eigenvalue weighted by Gasteiger charge is 2.31. The minimum atomic E-state index is -0.422. The van der Waals surface area contributed by atoms with Crippen molar-refractivity contribution >= 4 is 11.7 Å². The number of nitrogens with zero attached hydrogens (tertiary/aromatic N) is 5. The summed E-state index contributed by atoms with van der Waals surface area (Å²) in [4.78, 5) is 13.5. The van der Waals surface area contributed by atoms with E-state index in [1.54, 1.807) is 7.11 Å². The molecule has 0 saturated heterocycles. The first kappa shape index (κ1) is 16.4. The summed E-state index contributed by atoms with van der Waals surface area (Å²) < 4.78 is 5.20. The smallest absolute Gasteiger partial charge is 0.172 e. The predicted octanol–water partition coefficient (Wildman–Crippen LogP) is 1.65. The molecule has 126 valence electrons. The normalized spacial score (nSPS) is 18.0. The molecular weight excluding hydrogens is 304 g/mol. The second-order valence-electron chi connectivity index (χ2n) is 5.78. The van der Waals surface area contributed by atoms with Crippen molar-refractivity contribution in [2.75, 3.05) is 19.2 Å². The van der Waals surface area contributed by atoms with Crippen molar-refractivity contribution in [1.82, 2.24) is 15.0 Å². The zero-order valence-electron chi connectivity index (χ0n) is 14.4. The molecule has 2 heterocycles. The Kier molecular flexibility index (Phi) is 4.46. The molecule has 0 saturated carbocycles. The van der Waals surface area contributed by atoms with E-state index in [9.17, 15) is 0 Å². The number of aliphatic imine (C=N–C) groups is 1. The SMILES string of the molecule is COc1ccc(CC2=NC(N)N(C)N2c2cc(C)nc(C)n2)cc1. The number of hydrogen-bond donors (Lipinski definition) is 1. The number of aryl methyl sites for hydroxylation is 2. The number of rotatable bonds is 4. The maximum atomic E-state index is 6.11. The summed E-state index contributed by atoms with van der Waals surface area (Å²) in [5, 5.41) is 3.83. The molecule has 7 heteroatoms. The van der Waals surface area contributed by atoms with E-state index in [1.807, 2.05) is 61.2 Å². The zero-order chi connectivity index (χ0) is 17.3. The number of benzene rings is 1. The second kappa shape index (κ2) is 6.54. The monoisotopic (exact) mass is 326 g/mol. The average Bonchev–Trinajstić information content (AvgIpc) is 2.81. The molecule has 2 N–H and O–H groups in total. The van der Waals surface area contributed by atoms with Gasteiger partial charge in [0.15, 0.2) is 12.1 Å². The van der Waals surface area contributed by atoms with Gasteiger partial charge in [0.1, 0.15) is 17.4 Å². The molecule has 1 unspecified atom stereocenters. The van der Waals surface area contributed by atoms with E-state index in [1.165, 1.54) is 0 Å². The van der Waals surface area contributed by atoms with Gasteiger partial charge < -0.3 is 4.74 Å². The predicted molar refractivity (Wildman–Crippen MR) is 93.9 cm³/mol. The van der Waals surface area contributed by atoms with Crippen LogP contribution in [-0.2, 0) is 6.42 Å². The summed E-state index contributed by atoms with van der Waals surface area (Å²) in [6.07, 6.45) is 0.234. The Bertz CT molecular complexity index is 738. The summed E-state index contributed by atoms with van der Waals surface area (Å²) in [5.74, 6) is 3.19. The molecule has 3 rings (SSSR count). The lowest BCUT2D eigenvalue weighted by Gasteiger charge is -2.28. The van der Waals surface area contributed by atoms with Gasteiger partial charge in [-0.25, -0.2) is 20.0 Å². The minimum absolute atomic E-state index is 0.422. The summed E-state index contributed by atoms with van der Waals surface area (Å²) in [7, 11) is 3.56. The molecule has 0 radical (unpaired) electrons. The molecule has 0 aliphatic carbocycles. The molecule has 0 spiro atoms. The Hall–Kier alpha value is -2.51. The number of ether oxygens (including phenoxy) is 1. The fourth-order valence-electron chi connectivity index (χ4n) is 2.74. The highest BCUT2D eigenvalue weighted by atomic mass is 16.5. The highest BCUT2D eigenvalue weighted by Crippen LogP contribution is 2.23. The summed E-state index contributed by atoms with van der Waals surface area (Å²) >= 11 is 0. The van der Waals surface area contributed by atoms with Crippen molar-refractivity contribution in [1.29, 1.82) is 0 Å². The van der Waals surface area contributed by atoms with E-state index in [0.29, 0.717) is 6.42 Å². The molecule has 1 aliphatic heterocycles. The second-order valence-corrected chi connectivity index (χ2v) is 5.78. The van der Waals surface area contributed by atoms with Gasteiger partial charge in [0.25, 0.3) is 0 Å². The Morgan fingerprint density at radius 3 is 2.50 bits per heavy atom. The van der Waals surface area contributed by atoms with Crippen molar-refractivity contribution in [3.8, 4) is 5.75 Å². The molecule has 2 aromatic rings. The van der Waals surface area contributed by atoms with Gasteiger partial charge in [0.2, 0.25) is 0 Å². The molecule has 0 bridgehead atoms. The van der Waals surface area contributed by atoms with E-state index < -0.39 is 6.29 Å². The van der Waals surface area contributed by atoms with Crippen molar-refractivity contribution in [3.05, 3.63) is 47.4 Å². The maximum Gasteiger partial charge on any atom is 0.172 e. The van der Waals surface area contributed by atoms with Crippen LogP contribution in [0.3, 0.4) is 0 Å². The topological polar surface area (TPSA) is 79.9 Å². The lowest BCUT2D eigenvalue weighted by molar-refractivity contribution is 0.288. The Morgan fingerprint density at radius 2 is 1.88 bits per heavy atom. The van der Waals surface area contributed by atoms with E-state index >= 15 is 0 Å². The number of hydrogen-bond acceptors (Lipinski definition) is 7. The maximum absolute atomic E-state index is 6.11. The van der Waals surface area contributed by atoms with Crippen LogP contribution in [0.4, 0.5) is 5.82 Å². The molecule has 0 amide bonds. The lowest BCUT2D eigenvalue weighted by Crippen LogP contribution is -2.46. The van der Waals surface area contributed by atoms with Crippen LogP contribution < -0.4 is 15.5 Å². The van der Waals surface area contributed by atoms with Gasteiger partial charge in [0.05, 0.1) is 7.11 Å². The van der Waals surface area contributed by atoms with Crippen LogP contribution in [0.5, 0.6) is 5.75 Å². The van der Waals surface area contributed by atoms with Gasteiger partial charge in [-0.05, 0) is 31.5 Å². The Morgan fingerprint density at radius 1 is 1.17 bits per heavy atom.